The molecule has 0 N–H and O–H groups in total. The highest BCUT2D eigenvalue weighted by molar-refractivity contribution is 5.82. The molecule has 3 rings (SSSR count). The van der Waals surface area contributed by atoms with E-state index in [1.807, 2.05) is 6.07 Å². The van der Waals surface area contributed by atoms with Crippen molar-refractivity contribution in [3.63, 3.8) is 0 Å². The van der Waals surface area contributed by atoms with E-state index in [9.17, 15) is 0 Å². The summed E-state index contributed by atoms with van der Waals surface area (Å²) in [4.78, 5) is 0. The number of aromatic nitrogens is 2. The van der Waals surface area contributed by atoms with Gasteiger partial charge in [-0.3, -0.25) is 4.68 Å². The van der Waals surface area contributed by atoms with Gasteiger partial charge < -0.3 is 0 Å². The van der Waals surface area contributed by atoms with Crippen molar-refractivity contribution in [3.05, 3.63) is 65.4 Å². The van der Waals surface area contributed by atoms with Gasteiger partial charge in [0.2, 0.25) is 0 Å². The average molecular weight is 236 g/mol. The van der Waals surface area contributed by atoms with Crippen LogP contribution in [0.4, 0.5) is 0 Å². The van der Waals surface area contributed by atoms with Gasteiger partial charge in [-0.25, -0.2) is 0 Å². The van der Waals surface area contributed by atoms with E-state index < -0.39 is 0 Å². The molecule has 2 aromatic carbocycles. The lowest BCUT2D eigenvalue weighted by Crippen LogP contribution is -2.03. The van der Waals surface area contributed by atoms with Crippen molar-refractivity contribution in [1.29, 1.82) is 0 Å². The fraction of sp³-hybridized carbons (Fsp3) is 0.188. The second-order valence-electron chi connectivity index (χ2n) is 4.75. The second kappa shape index (κ2) is 4.30. The number of rotatable bonds is 2. The molecular weight excluding hydrogens is 220 g/mol. The monoisotopic (exact) mass is 236 g/mol. The number of fused-ring (bicyclic) bond motifs is 1. The van der Waals surface area contributed by atoms with Crippen molar-refractivity contribution in [3.8, 4) is 0 Å². The van der Waals surface area contributed by atoms with Gasteiger partial charge in [0.05, 0.1) is 12.1 Å². The molecule has 0 unspecified atom stereocenters. The molecule has 0 amide bonds. The smallest absolute Gasteiger partial charge is 0.0926 e. The Bertz CT molecular complexity index is 681. The highest BCUT2D eigenvalue weighted by Crippen LogP contribution is 2.19. The Hall–Kier alpha value is -2.09. The zero-order chi connectivity index (χ0) is 12.5. The minimum atomic E-state index is 0.834. The summed E-state index contributed by atoms with van der Waals surface area (Å²) in [5, 5.41) is 5.92. The molecule has 1 aromatic heterocycles. The number of nitrogens with zero attached hydrogens (tertiary/aromatic N) is 2. The molecule has 2 nitrogen and oxygen atoms in total. The van der Waals surface area contributed by atoms with E-state index >= 15 is 0 Å². The Morgan fingerprint density at radius 3 is 2.56 bits per heavy atom. The summed E-state index contributed by atoms with van der Waals surface area (Å²) in [5.74, 6) is 0. The Balaban J connectivity index is 2.05. The van der Waals surface area contributed by atoms with E-state index in [4.69, 9.17) is 0 Å². The van der Waals surface area contributed by atoms with Crippen LogP contribution in [-0.2, 0) is 6.54 Å². The first-order chi connectivity index (χ1) is 8.74. The van der Waals surface area contributed by atoms with Crippen molar-refractivity contribution in [2.24, 2.45) is 0 Å². The van der Waals surface area contributed by atoms with Crippen LogP contribution in [0.3, 0.4) is 0 Å². The third-order valence-corrected chi connectivity index (χ3v) is 3.33. The summed E-state index contributed by atoms with van der Waals surface area (Å²) >= 11 is 0. The van der Waals surface area contributed by atoms with Crippen LogP contribution >= 0.6 is 0 Å². The lowest BCUT2D eigenvalue weighted by molar-refractivity contribution is 0.673. The van der Waals surface area contributed by atoms with Gasteiger partial charge in [-0.15, -0.1) is 0 Å². The van der Waals surface area contributed by atoms with Crippen LogP contribution in [0.5, 0.6) is 0 Å². The number of aryl methyl sites for hydroxylation is 2. The van der Waals surface area contributed by atoms with Gasteiger partial charge in [0, 0.05) is 11.1 Å². The molecule has 2 heteroatoms. The molecule has 0 fully saturated rings. The quantitative estimate of drug-likeness (QED) is 0.663. The first-order valence-electron chi connectivity index (χ1n) is 6.22. The summed E-state index contributed by atoms with van der Waals surface area (Å²) < 4.78 is 2.08. The molecule has 0 aliphatic carbocycles. The van der Waals surface area contributed by atoms with Crippen LogP contribution in [0, 0.1) is 13.8 Å². The van der Waals surface area contributed by atoms with Gasteiger partial charge in [-0.2, -0.15) is 5.10 Å². The largest absolute Gasteiger partial charge is 0.264 e. The standard InChI is InChI=1S/C16H16N2/c1-12-8-9-16-15(10-12)13(2)18(17-16)11-14-6-4-3-5-7-14/h3-10H,11H2,1-2H3. The first kappa shape index (κ1) is 11.0. The number of hydrogen-bond donors (Lipinski definition) is 0. The fourth-order valence-corrected chi connectivity index (χ4v) is 2.28. The highest BCUT2D eigenvalue weighted by atomic mass is 15.3. The average Bonchev–Trinajstić information content (AvgIpc) is 2.68. The number of benzene rings is 2. The summed E-state index contributed by atoms with van der Waals surface area (Å²) in [6, 6.07) is 16.9. The summed E-state index contributed by atoms with van der Waals surface area (Å²) in [6.07, 6.45) is 0. The molecule has 0 aliphatic heterocycles. The van der Waals surface area contributed by atoms with Gasteiger partial charge in [-0.05, 0) is 31.5 Å². The molecule has 0 radical (unpaired) electrons. The molecule has 1 heterocycles. The maximum Gasteiger partial charge on any atom is 0.0926 e. The van der Waals surface area contributed by atoms with Crippen molar-refractivity contribution in [2.45, 2.75) is 20.4 Å². The SMILES string of the molecule is Cc1ccc2nn(Cc3ccccc3)c(C)c2c1. The molecule has 0 saturated carbocycles. The van der Waals surface area contributed by atoms with Crippen LogP contribution < -0.4 is 0 Å². The Morgan fingerprint density at radius 1 is 1.00 bits per heavy atom. The van der Waals surface area contributed by atoms with E-state index in [2.05, 4.69) is 66.1 Å². The van der Waals surface area contributed by atoms with Crippen molar-refractivity contribution in [1.82, 2.24) is 9.78 Å². The zero-order valence-corrected chi connectivity index (χ0v) is 10.7. The predicted molar refractivity (Wildman–Crippen MR) is 74.8 cm³/mol. The maximum absolute atomic E-state index is 4.67. The summed E-state index contributed by atoms with van der Waals surface area (Å²) in [5.41, 5.74) is 4.88. The van der Waals surface area contributed by atoms with Crippen molar-refractivity contribution in [2.75, 3.05) is 0 Å². The highest BCUT2D eigenvalue weighted by Gasteiger charge is 2.07. The van der Waals surface area contributed by atoms with Gasteiger partial charge >= 0.3 is 0 Å². The Kier molecular flexibility index (Phi) is 2.63. The minimum Gasteiger partial charge on any atom is -0.264 e. The van der Waals surface area contributed by atoms with Crippen LogP contribution in [0.2, 0.25) is 0 Å². The normalized spacial score (nSPS) is 11.0. The van der Waals surface area contributed by atoms with E-state index in [0.29, 0.717) is 0 Å². The lowest BCUT2D eigenvalue weighted by atomic mass is 10.1. The topological polar surface area (TPSA) is 17.8 Å². The molecule has 18 heavy (non-hydrogen) atoms. The minimum absolute atomic E-state index is 0.834. The van der Waals surface area contributed by atoms with Crippen molar-refractivity contribution < 1.29 is 0 Å². The van der Waals surface area contributed by atoms with Crippen LogP contribution in [0.1, 0.15) is 16.8 Å². The van der Waals surface area contributed by atoms with Crippen LogP contribution in [0.25, 0.3) is 10.9 Å². The Morgan fingerprint density at radius 2 is 1.78 bits per heavy atom. The fourth-order valence-electron chi connectivity index (χ4n) is 2.28. The van der Waals surface area contributed by atoms with E-state index in [-0.39, 0.29) is 0 Å². The predicted octanol–water partition coefficient (Wildman–Crippen LogP) is 3.70. The van der Waals surface area contributed by atoms with E-state index in [1.54, 1.807) is 0 Å². The molecule has 90 valence electrons. The first-order valence-corrected chi connectivity index (χ1v) is 6.22. The molecular formula is C16H16N2. The Labute approximate surface area is 107 Å². The molecule has 0 saturated heterocycles. The second-order valence-corrected chi connectivity index (χ2v) is 4.75. The summed E-state index contributed by atoms with van der Waals surface area (Å²) in [6.45, 7) is 5.09. The maximum atomic E-state index is 4.67. The van der Waals surface area contributed by atoms with Crippen LogP contribution in [-0.4, -0.2) is 9.78 Å². The lowest BCUT2D eigenvalue weighted by Gasteiger charge is -2.04. The van der Waals surface area contributed by atoms with Gasteiger partial charge in [-0.1, -0.05) is 42.0 Å². The van der Waals surface area contributed by atoms with E-state index in [1.165, 1.54) is 22.2 Å². The summed E-state index contributed by atoms with van der Waals surface area (Å²) in [7, 11) is 0. The van der Waals surface area contributed by atoms with Gasteiger partial charge in [0.1, 0.15) is 0 Å². The van der Waals surface area contributed by atoms with Gasteiger partial charge in [0.15, 0.2) is 0 Å². The molecule has 0 aliphatic rings. The number of hydrogen-bond acceptors (Lipinski definition) is 1. The van der Waals surface area contributed by atoms with E-state index in [0.717, 1.165) is 12.1 Å². The van der Waals surface area contributed by atoms with Crippen LogP contribution in [0.15, 0.2) is 48.5 Å². The molecule has 0 atom stereocenters. The zero-order valence-electron chi connectivity index (χ0n) is 10.7. The van der Waals surface area contributed by atoms with Crippen molar-refractivity contribution >= 4 is 10.9 Å². The third kappa shape index (κ3) is 1.90. The molecule has 0 spiro atoms. The van der Waals surface area contributed by atoms with Gasteiger partial charge in [0.25, 0.3) is 0 Å². The molecule has 0 bridgehead atoms. The molecule has 3 aromatic rings. The third-order valence-electron chi connectivity index (χ3n) is 3.33.